The third-order valence-electron chi connectivity index (χ3n) is 2.69. The SMILES string of the molecule is CCN(CC(=O)N(C)C)Cc1cc(N)cc(Br)c1. The van der Waals surface area contributed by atoms with Gasteiger partial charge in [-0.3, -0.25) is 9.69 Å². The van der Waals surface area contributed by atoms with E-state index in [0.29, 0.717) is 6.54 Å². The molecule has 0 saturated heterocycles. The van der Waals surface area contributed by atoms with Gasteiger partial charge in [0.2, 0.25) is 5.91 Å². The number of amides is 1. The van der Waals surface area contributed by atoms with Gasteiger partial charge in [0, 0.05) is 30.8 Å². The molecule has 0 spiro atoms. The molecule has 5 heteroatoms. The van der Waals surface area contributed by atoms with Crippen LogP contribution >= 0.6 is 15.9 Å². The van der Waals surface area contributed by atoms with Crippen molar-refractivity contribution >= 4 is 27.5 Å². The van der Waals surface area contributed by atoms with Crippen LogP contribution in [0.4, 0.5) is 5.69 Å². The maximum Gasteiger partial charge on any atom is 0.236 e. The van der Waals surface area contributed by atoms with E-state index in [1.165, 1.54) is 0 Å². The Labute approximate surface area is 117 Å². The summed E-state index contributed by atoms with van der Waals surface area (Å²) in [7, 11) is 3.54. The van der Waals surface area contributed by atoms with Gasteiger partial charge in [-0.05, 0) is 30.3 Å². The molecule has 0 atom stereocenters. The largest absolute Gasteiger partial charge is 0.399 e. The maximum atomic E-state index is 11.7. The van der Waals surface area contributed by atoms with E-state index in [-0.39, 0.29) is 5.91 Å². The average molecular weight is 314 g/mol. The Morgan fingerprint density at radius 2 is 2.00 bits per heavy atom. The molecule has 0 radical (unpaired) electrons. The topological polar surface area (TPSA) is 49.6 Å². The molecule has 0 aromatic heterocycles. The van der Waals surface area contributed by atoms with Crippen molar-refractivity contribution in [2.24, 2.45) is 0 Å². The number of carbonyl (C=O) groups is 1. The standard InChI is InChI=1S/C13H20BrN3O/c1-4-17(9-13(18)16(2)3)8-10-5-11(14)7-12(15)6-10/h5-7H,4,8-9,15H2,1-3H3. The summed E-state index contributed by atoms with van der Waals surface area (Å²) < 4.78 is 0.965. The predicted octanol–water partition coefficient (Wildman–Crippen LogP) is 1.94. The fourth-order valence-electron chi connectivity index (χ4n) is 1.64. The van der Waals surface area contributed by atoms with E-state index in [2.05, 4.69) is 20.8 Å². The molecule has 1 aromatic rings. The van der Waals surface area contributed by atoms with Crippen molar-refractivity contribution in [2.45, 2.75) is 13.5 Å². The molecule has 0 aliphatic rings. The number of benzene rings is 1. The van der Waals surface area contributed by atoms with E-state index < -0.39 is 0 Å². The highest BCUT2D eigenvalue weighted by Gasteiger charge is 2.11. The van der Waals surface area contributed by atoms with Gasteiger partial charge in [-0.2, -0.15) is 0 Å². The lowest BCUT2D eigenvalue weighted by atomic mass is 10.2. The van der Waals surface area contributed by atoms with Crippen molar-refractivity contribution in [1.82, 2.24) is 9.80 Å². The molecule has 100 valence electrons. The van der Waals surface area contributed by atoms with Crippen LogP contribution in [0.5, 0.6) is 0 Å². The number of halogens is 1. The number of likely N-dealkylation sites (N-methyl/N-ethyl adjacent to an activating group) is 2. The lowest BCUT2D eigenvalue weighted by Gasteiger charge is -2.22. The molecule has 0 bridgehead atoms. The van der Waals surface area contributed by atoms with E-state index >= 15 is 0 Å². The molecular formula is C13H20BrN3O. The molecule has 1 amide bonds. The van der Waals surface area contributed by atoms with Crippen LogP contribution in [0.2, 0.25) is 0 Å². The summed E-state index contributed by atoms with van der Waals surface area (Å²) in [6, 6.07) is 5.83. The Morgan fingerprint density at radius 1 is 1.33 bits per heavy atom. The number of carbonyl (C=O) groups excluding carboxylic acids is 1. The van der Waals surface area contributed by atoms with Crippen molar-refractivity contribution < 1.29 is 4.79 Å². The van der Waals surface area contributed by atoms with Crippen LogP contribution in [-0.4, -0.2) is 42.9 Å². The number of hydrogen-bond acceptors (Lipinski definition) is 3. The van der Waals surface area contributed by atoms with Crippen molar-refractivity contribution in [3.63, 3.8) is 0 Å². The van der Waals surface area contributed by atoms with Crippen LogP contribution in [0, 0.1) is 0 Å². The number of nitrogen functional groups attached to an aromatic ring is 1. The Balaban J connectivity index is 2.70. The Hall–Kier alpha value is -1.07. The van der Waals surface area contributed by atoms with Gasteiger partial charge >= 0.3 is 0 Å². The zero-order valence-electron chi connectivity index (χ0n) is 11.1. The second-order valence-corrected chi connectivity index (χ2v) is 5.40. The van der Waals surface area contributed by atoms with E-state index in [4.69, 9.17) is 5.73 Å². The molecule has 2 N–H and O–H groups in total. The van der Waals surface area contributed by atoms with Gasteiger partial charge in [0.05, 0.1) is 6.54 Å². The Bertz CT molecular complexity index is 400. The quantitative estimate of drug-likeness (QED) is 0.845. The molecule has 4 nitrogen and oxygen atoms in total. The Morgan fingerprint density at radius 3 is 2.50 bits per heavy atom. The molecule has 0 heterocycles. The molecule has 1 aromatic carbocycles. The van der Waals surface area contributed by atoms with Crippen LogP contribution in [0.15, 0.2) is 22.7 Å². The zero-order valence-corrected chi connectivity index (χ0v) is 12.7. The number of nitrogens with two attached hydrogens (primary N) is 1. The molecule has 0 aliphatic heterocycles. The zero-order chi connectivity index (χ0) is 13.7. The molecule has 18 heavy (non-hydrogen) atoms. The van der Waals surface area contributed by atoms with Gasteiger partial charge in [-0.15, -0.1) is 0 Å². The monoisotopic (exact) mass is 313 g/mol. The van der Waals surface area contributed by atoms with Crippen LogP contribution in [0.1, 0.15) is 12.5 Å². The van der Waals surface area contributed by atoms with Gasteiger partial charge in [0.25, 0.3) is 0 Å². The lowest BCUT2D eigenvalue weighted by Crippen LogP contribution is -2.36. The number of nitrogens with zero attached hydrogens (tertiary/aromatic N) is 2. The fourth-order valence-corrected chi connectivity index (χ4v) is 2.20. The van der Waals surface area contributed by atoms with Gasteiger partial charge in [-0.25, -0.2) is 0 Å². The van der Waals surface area contributed by atoms with Crippen LogP contribution in [0.3, 0.4) is 0 Å². The van der Waals surface area contributed by atoms with Gasteiger partial charge in [0.1, 0.15) is 0 Å². The highest BCUT2D eigenvalue weighted by Crippen LogP contribution is 2.18. The minimum atomic E-state index is 0.111. The first-order valence-electron chi connectivity index (χ1n) is 5.89. The lowest BCUT2D eigenvalue weighted by molar-refractivity contribution is -0.130. The van der Waals surface area contributed by atoms with Crippen molar-refractivity contribution in [3.05, 3.63) is 28.2 Å². The van der Waals surface area contributed by atoms with Crippen molar-refractivity contribution in [2.75, 3.05) is 32.9 Å². The summed E-state index contributed by atoms with van der Waals surface area (Å²) >= 11 is 3.43. The summed E-state index contributed by atoms with van der Waals surface area (Å²) in [5, 5.41) is 0. The maximum absolute atomic E-state index is 11.7. The number of hydrogen-bond donors (Lipinski definition) is 1. The first-order valence-corrected chi connectivity index (χ1v) is 6.69. The first-order chi connectivity index (χ1) is 8.42. The van der Waals surface area contributed by atoms with Gasteiger partial charge in [-0.1, -0.05) is 22.9 Å². The number of rotatable bonds is 5. The first kappa shape index (κ1) is 15.0. The summed E-state index contributed by atoms with van der Waals surface area (Å²) in [6.45, 7) is 4.02. The van der Waals surface area contributed by atoms with E-state index in [1.807, 2.05) is 25.1 Å². The highest BCUT2D eigenvalue weighted by atomic mass is 79.9. The average Bonchev–Trinajstić information content (AvgIpc) is 2.26. The minimum Gasteiger partial charge on any atom is -0.399 e. The smallest absolute Gasteiger partial charge is 0.236 e. The highest BCUT2D eigenvalue weighted by molar-refractivity contribution is 9.10. The fraction of sp³-hybridized carbons (Fsp3) is 0.462. The summed E-state index contributed by atoms with van der Waals surface area (Å²) in [6.07, 6.45) is 0. The second-order valence-electron chi connectivity index (χ2n) is 4.48. The molecule has 0 saturated carbocycles. The minimum absolute atomic E-state index is 0.111. The third kappa shape index (κ3) is 4.66. The van der Waals surface area contributed by atoms with Crippen LogP contribution < -0.4 is 5.73 Å². The molecule has 0 unspecified atom stereocenters. The van der Waals surface area contributed by atoms with E-state index in [0.717, 1.165) is 28.8 Å². The Kier molecular flexibility index (Phi) is 5.62. The second kappa shape index (κ2) is 6.75. The molecule has 0 fully saturated rings. The normalized spacial score (nSPS) is 10.7. The predicted molar refractivity (Wildman–Crippen MR) is 78.2 cm³/mol. The van der Waals surface area contributed by atoms with Gasteiger partial charge < -0.3 is 10.6 Å². The summed E-state index contributed by atoms with van der Waals surface area (Å²) in [5.74, 6) is 0.111. The summed E-state index contributed by atoms with van der Waals surface area (Å²) in [5.41, 5.74) is 7.64. The third-order valence-corrected chi connectivity index (χ3v) is 3.15. The van der Waals surface area contributed by atoms with Crippen molar-refractivity contribution in [3.8, 4) is 0 Å². The summed E-state index contributed by atoms with van der Waals surface area (Å²) in [4.78, 5) is 15.4. The van der Waals surface area contributed by atoms with Crippen LogP contribution in [0.25, 0.3) is 0 Å². The molecule has 1 rings (SSSR count). The van der Waals surface area contributed by atoms with E-state index in [1.54, 1.807) is 19.0 Å². The molecule has 0 aliphatic carbocycles. The number of anilines is 1. The van der Waals surface area contributed by atoms with Gasteiger partial charge in [0.15, 0.2) is 0 Å². The van der Waals surface area contributed by atoms with Crippen LogP contribution in [-0.2, 0) is 11.3 Å². The van der Waals surface area contributed by atoms with E-state index in [9.17, 15) is 4.79 Å². The molecular weight excluding hydrogens is 294 g/mol. The van der Waals surface area contributed by atoms with Crippen molar-refractivity contribution in [1.29, 1.82) is 0 Å².